The summed E-state index contributed by atoms with van der Waals surface area (Å²) in [5.41, 5.74) is -1.95. The number of carbonyl (C=O) groups is 1. The molecule has 0 aliphatic carbocycles. The minimum absolute atomic E-state index is 0. The lowest BCUT2D eigenvalue weighted by Crippen LogP contribution is -2.48. The lowest BCUT2D eigenvalue weighted by molar-refractivity contribution is -0.275. The Kier molecular flexibility index (Phi) is 17.2. The quantitative estimate of drug-likeness (QED) is 0.248. The van der Waals surface area contributed by atoms with Gasteiger partial charge in [-0.1, -0.05) is 41.5 Å². The Hall–Kier alpha value is -0.690. The van der Waals surface area contributed by atoms with Gasteiger partial charge in [0, 0.05) is 21.7 Å². The molecule has 1 saturated heterocycles. The third-order valence-corrected chi connectivity index (χ3v) is 4.47. The summed E-state index contributed by atoms with van der Waals surface area (Å²) in [7, 11) is 0. The number of hydrogen-bond acceptors (Lipinski definition) is 9. The van der Waals surface area contributed by atoms with Crippen molar-refractivity contribution in [2.24, 2.45) is 21.7 Å². The van der Waals surface area contributed by atoms with Crippen LogP contribution in [-0.4, -0.2) is 102 Å². The first-order valence-electron chi connectivity index (χ1n) is 9.59. The van der Waals surface area contributed by atoms with Crippen molar-refractivity contribution in [1.82, 2.24) is 0 Å². The minimum Gasteiger partial charge on any atom is -0.412 e. The smallest absolute Gasteiger partial charge is 0.164 e. The molecule has 1 rings (SSSR count). The van der Waals surface area contributed by atoms with E-state index in [1.54, 1.807) is 20.8 Å². The molecule has 0 spiro atoms. The number of aliphatic hydroxyl groups is 6. The average molecular weight is 445 g/mol. The molecule has 8 N–H and O–H groups in total. The number of carbonyl (C=O) groups excluding carboxylic acids is 1. The van der Waals surface area contributed by atoms with E-state index in [0.29, 0.717) is 13.2 Å². The van der Waals surface area contributed by atoms with Crippen LogP contribution in [0.25, 0.3) is 0 Å². The lowest BCUT2D eigenvalue weighted by Gasteiger charge is -2.41. The summed E-state index contributed by atoms with van der Waals surface area (Å²) in [6.07, 6.45) is 0.361. The Bertz CT molecular complexity index is 419. The van der Waals surface area contributed by atoms with E-state index in [-0.39, 0.29) is 56.8 Å². The maximum absolute atomic E-state index is 9.90. The predicted octanol–water partition coefficient (Wildman–Crippen LogP) is -1.27. The first-order chi connectivity index (χ1) is 13.2. The van der Waals surface area contributed by atoms with E-state index in [0.717, 1.165) is 6.29 Å². The van der Waals surface area contributed by atoms with Crippen LogP contribution in [0.2, 0.25) is 0 Å². The molecule has 0 aromatic carbocycles. The van der Waals surface area contributed by atoms with Gasteiger partial charge in [-0.2, -0.15) is 0 Å². The first-order valence-corrected chi connectivity index (χ1v) is 9.59. The zero-order valence-corrected chi connectivity index (χ0v) is 19.2. The van der Waals surface area contributed by atoms with Crippen LogP contribution in [0, 0.1) is 21.7 Å². The Morgan fingerprint density at radius 1 is 0.833 bits per heavy atom. The van der Waals surface area contributed by atoms with Gasteiger partial charge in [0.25, 0.3) is 0 Å². The van der Waals surface area contributed by atoms with E-state index in [9.17, 15) is 4.79 Å². The average Bonchev–Trinajstić information content (AvgIpc) is 2.74. The van der Waals surface area contributed by atoms with Crippen molar-refractivity contribution in [2.75, 3.05) is 52.9 Å². The van der Waals surface area contributed by atoms with Gasteiger partial charge in [-0.05, 0) is 0 Å². The van der Waals surface area contributed by atoms with Gasteiger partial charge in [0.15, 0.2) is 6.29 Å². The van der Waals surface area contributed by atoms with Gasteiger partial charge >= 0.3 is 0 Å². The van der Waals surface area contributed by atoms with E-state index in [1.807, 2.05) is 20.8 Å². The summed E-state index contributed by atoms with van der Waals surface area (Å²) in [6.45, 7) is 11.1. The maximum Gasteiger partial charge on any atom is 0.164 e. The molecule has 184 valence electrons. The van der Waals surface area contributed by atoms with Gasteiger partial charge in [-0.15, -0.1) is 0 Å². The minimum atomic E-state index is -0.708. The lowest BCUT2D eigenvalue weighted by atomic mass is 9.89. The molecule has 0 unspecified atom stereocenters. The number of aliphatic hydroxyl groups excluding tert-OH is 6. The van der Waals surface area contributed by atoms with Crippen molar-refractivity contribution in [3.05, 3.63) is 0 Å². The topological polar surface area (TPSA) is 188 Å². The Morgan fingerprint density at radius 3 is 1.40 bits per heavy atom. The van der Waals surface area contributed by atoms with Crippen molar-refractivity contribution >= 4 is 6.29 Å². The van der Waals surface area contributed by atoms with E-state index in [4.69, 9.17) is 40.1 Å². The van der Waals surface area contributed by atoms with Crippen molar-refractivity contribution in [1.29, 1.82) is 0 Å². The highest BCUT2D eigenvalue weighted by Gasteiger charge is 2.39. The number of hydrogen-bond donors (Lipinski definition) is 6. The van der Waals surface area contributed by atoms with Gasteiger partial charge < -0.3 is 50.4 Å². The molecule has 10 heteroatoms. The van der Waals surface area contributed by atoms with Crippen molar-refractivity contribution in [2.45, 2.75) is 47.8 Å². The van der Waals surface area contributed by atoms with E-state index in [1.165, 1.54) is 0 Å². The van der Waals surface area contributed by atoms with Gasteiger partial charge in [0.2, 0.25) is 0 Å². The Morgan fingerprint density at radius 2 is 1.23 bits per heavy atom. The second-order valence-electron chi connectivity index (χ2n) is 9.62. The molecule has 0 bridgehead atoms. The van der Waals surface area contributed by atoms with Crippen molar-refractivity contribution in [3.8, 4) is 0 Å². The maximum atomic E-state index is 9.90. The second-order valence-corrected chi connectivity index (χ2v) is 9.62. The van der Waals surface area contributed by atoms with Gasteiger partial charge in [0.05, 0.1) is 52.9 Å². The van der Waals surface area contributed by atoms with Gasteiger partial charge in [0.1, 0.15) is 6.29 Å². The van der Waals surface area contributed by atoms with Crippen LogP contribution < -0.4 is 0 Å². The zero-order chi connectivity index (χ0) is 23.4. The molecular weight excluding hydrogens is 400 g/mol. The van der Waals surface area contributed by atoms with Crippen molar-refractivity contribution < 1.29 is 50.4 Å². The molecule has 0 amide bonds. The Balaban J connectivity index is -0.000000393. The van der Waals surface area contributed by atoms with Crippen molar-refractivity contribution in [3.63, 3.8) is 0 Å². The van der Waals surface area contributed by atoms with Gasteiger partial charge in [-0.3, -0.25) is 0 Å². The summed E-state index contributed by atoms with van der Waals surface area (Å²) in [5, 5.41) is 52.0. The van der Waals surface area contributed by atoms with Crippen LogP contribution in [0.5, 0.6) is 0 Å². The fourth-order valence-electron chi connectivity index (χ4n) is 1.45. The third kappa shape index (κ3) is 12.9. The van der Waals surface area contributed by atoms with Gasteiger partial charge in [-0.25, -0.2) is 0 Å². The summed E-state index contributed by atoms with van der Waals surface area (Å²) in [4.78, 5) is 9.90. The summed E-state index contributed by atoms with van der Waals surface area (Å²) in [6, 6.07) is 0. The second kappa shape index (κ2) is 15.2. The van der Waals surface area contributed by atoms with Crippen LogP contribution in [-0.2, 0) is 14.3 Å². The molecule has 0 saturated carbocycles. The highest BCUT2D eigenvalue weighted by Crippen LogP contribution is 2.31. The molecule has 1 fully saturated rings. The molecule has 1 aliphatic heterocycles. The monoisotopic (exact) mass is 444 g/mol. The predicted molar refractivity (Wildman–Crippen MR) is 112 cm³/mol. The summed E-state index contributed by atoms with van der Waals surface area (Å²) >= 11 is 0. The van der Waals surface area contributed by atoms with E-state index >= 15 is 0 Å². The van der Waals surface area contributed by atoms with Crippen LogP contribution in [0.4, 0.5) is 0 Å². The zero-order valence-electron chi connectivity index (χ0n) is 19.2. The summed E-state index contributed by atoms with van der Waals surface area (Å²) in [5.74, 6) is 0. The van der Waals surface area contributed by atoms with Crippen LogP contribution in [0.1, 0.15) is 41.5 Å². The molecule has 1 aliphatic rings. The highest BCUT2D eigenvalue weighted by atomic mass is 16.7. The fraction of sp³-hybridized carbons (Fsp3) is 0.950. The third-order valence-electron chi connectivity index (χ3n) is 4.47. The molecule has 1 heterocycles. The molecule has 10 nitrogen and oxygen atoms in total. The number of aldehydes is 1. The van der Waals surface area contributed by atoms with Crippen LogP contribution >= 0.6 is 0 Å². The first kappa shape index (κ1) is 33.9. The highest BCUT2D eigenvalue weighted by molar-refractivity contribution is 5.57. The SMILES string of the molecule is CC(C)(C=O)CO.CC(CO)(CO)CO.CC1(CO)COC(C(C)(C)CO)OC1.O. The van der Waals surface area contributed by atoms with E-state index < -0.39 is 16.2 Å². The standard InChI is InChI=1S/C10H20O4.C5H12O3.C5H10O2.H2O/c1-9(2,4-11)8-13-6-10(3,5-12)7-14-8;1-5(2-6,3-7)4-8;1-5(2,3-6)4-7;/h8,11-12H,4-7H2,1-3H3;6-8H,2-4H2,1H3;3,7H,4H2,1-2H3;1H2. The number of rotatable bonds is 8. The largest absolute Gasteiger partial charge is 0.412 e. The van der Waals surface area contributed by atoms with E-state index in [2.05, 4.69) is 0 Å². The molecular formula is C20H44O10. The molecule has 30 heavy (non-hydrogen) atoms. The molecule has 0 atom stereocenters. The number of ether oxygens (including phenoxy) is 2. The normalized spacial score (nSPS) is 21.9. The van der Waals surface area contributed by atoms with Crippen LogP contribution in [0.15, 0.2) is 0 Å². The fourth-order valence-corrected chi connectivity index (χ4v) is 1.45. The van der Waals surface area contributed by atoms with Crippen LogP contribution in [0.3, 0.4) is 0 Å². The Labute approximate surface area is 179 Å². The summed E-state index contributed by atoms with van der Waals surface area (Å²) < 4.78 is 11.0. The molecule has 0 radical (unpaired) electrons. The molecule has 0 aromatic heterocycles. The molecule has 0 aromatic rings.